The van der Waals surface area contributed by atoms with Gasteiger partial charge >= 0.3 is 0 Å². The molecular weight excluding hydrogens is 260 g/mol. The number of methoxy groups -OCH3 is 1. The molecule has 0 spiro atoms. The Bertz CT molecular complexity index is 416. The number of hydrogen-bond donors (Lipinski definition) is 2. The second-order valence-corrected chi connectivity index (χ2v) is 6.16. The van der Waals surface area contributed by atoms with Crippen molar-refractivity contribution in [2.75, 3.05) is 12.9 Å². The van der Waals surface area contributed by atoms with Crippen LogP contribution in [0.2, 0.25) is 0 Å². The zero-order chi connectivity index (χ0) is 14.3. The van der Waals surface area contributed by atoms with Gasteiger partial charge in [0.05, 0.1) is 7.11 Å². The lowest BCUT2D eigenvalue weighted by atomic mass is 9.87. The quantitative estimate of drug-likeness (QED) is 0.201. The van der Waals surface area contributed by atoms with Crippen molar-refractivity contribution in [1.82, 2.24) is 0 Å². The van der Waals surface area contributed by atoms with Crippen LogP contribution < -0.4 is 10.5 Å². The smallest absolute Gasteiger partial charge is 0.144 e. The van der Waals surface area contributed by atoms with E-state index in [-0.39, 0.29) is 5.41 Å². The molecule has 0 bridgehead atoms. The maximum atomic E-state index is 8.70. The molecule has 1 rings (SSSR count). The van der Waals surface area contributed by atoms with E-state index in [1.165, 1.54) is 4.90 Å². The molecule has 0 aliphatic carbocycles. The summed E-state index contributed by atoms with van der Waals surface area (Å²) in [6.45, 7) is 3.97. The number of benzene rings is 1. The Balaban J connectivity index is 2.34. The Labute approximate surface area is 119 Å². The molecule has 5 heteroatoms. The number of nitrogens with two attached hydrogens (primary N) is 1. The van der Waals surface area contributed by atoms with Gasteiger partial charge < -0.3 is 15.7 Å². The Kier molecular flexibility index (Phi) is 6.02. The van der Waals surface area contributed by atoms with Gasteiger partial charge in [-0.3, -0.25) is 0 Å². The van der Waals surface area contributed by atoms with Gasteiger partial charge in [0, 0.05) is 10.3 Å². The zero-order valence-corrected chi connectivity index (χ0v) is 12.5. The fraction of sp³-hybridized carbons (Fsp3) is 0.500. The van der Waals surface area contributed by atoms with Crippen LogP contribution in [0.5, 0.6) is 5.75 Å². The molecular formula is C14H22N2O2S. The molecule has 0 aromatic heterocycles. The number of nitrogens with zero attached hydrogens (tertiary/aromatic N) is 1. The predicted octanol–water partition coefficient (Wildman–Crippen LogP) is 3.34. The van der Waals surface area contributed by atoms with Gasteiger partial charge in [0.25, 0.3) is 0 Å². The summed E-state index contributed by atoms with van der Waals surface area (Å²) in [5.41, 5.74) is 5.40. The van der Waals surface area contributed by atoms with E-state index in [1.807, 2.05) is 26.0 Å². The van der Waals surface area contributed by atoms with Crippen molar-refractivity contribution in [2.24, 2.45) is 16.3 Å². The molecule has 0 amide bonds. The average molecular weight is 282 g/mol. The molecule has 0 saturated heterocycles. The third-order valence-electron chi connectivity index (χ3n) is 3.08. The molecule has 1 aromatic rings. The minimum atomic E-state index is -0.255. The Morgan fingerprint density at radius 3 is 2.53 bits per heavy atom. The maximum Gasteiger partial charge on any atom is 0.144 e. The molecule has 0 saturated carbocycles. The molecule has 0 atom stereocenters. The van der Waals surface area contributed by atoms with E-state index < -0.39 is 0 Å². The number of thioether (sulfide) groups is 1. The van der Waals surface area contributed by atoms with Crippen molar-refractivity contribution in [3.05, 3.63) is 24.3 Å². The van der Waals surface area contributed by atoms with Crippen molar-refractivity contribution in [3.8, 4) is 5.75 Å². The lowest BCUT2D eigenvalue weighted by Crippen LogP contribution is -2.31. The molecule has 0 fully saturated rings. The molecule has 0 heterocycles. The number of oxime groups is 1. The summed E-state index contributed by atoms with van der Waals surface area (Å²) in [6.07, 6.45) is 1.91. The van der Waals surface area contributed by atoms with Gasteiger partial charge in [-0.1, -0.05) is 19.0 Å². The molecule has 4 nitrogen and oxygen atoms in total. The van der Waals surface area contributed by atoms with Gasteiger partial charge in [0.2, 0.25) is 0 Å². The summed E-state index contributed by atoms with van der Waals surface area (Å²) >= 11 is 1.80. The molecule has 3 N–H and O–H groups in total. The highest BCUT2D eigenvalue weighted by Crippen LogP contribution is 2.26. The van der Waals surface area contributed by atoms with E-state index in [0.717, 1.165) is 24.3 Å². The summed E-state index contributed by atoms with van der Waals surface area (Å²) in [6, 6.07) is 8.03. The fourth-order valence-corrected chi connectivity index (χ4v) is 2.49. The van der Waals surface area contributed by atoms with Gasteiger partial charge in [0.1, 0.15) is 11.6 Å². The van der Waals surface area contributed by atoms with Crippen LogP contribution >= 0.6 is 11.8 Å². The highest BCUT2D eigenvalue weighted by Gasteiger charge is 2.22. The number of amidine groups is 1. The van der Waals surface area contributed by atoms with E-state index in [2.05, 4.69) is 17.3 Å². The first-order valence-electron chi connectivity index (χ1n) is 6.24. The van der Waals surface area contributed by atoms with Crippen LogP contribution in [0.1, 0.15) is 26.7 Å². The average Bonchev–Trinajstić information content (AvgIpc) is 2.43. The van der Waals surface area contributed by atoms with Gasteiger partial charge in [-0.25, -0.2) is 0 Å². The van der Waals surface area contributed by atoms with Crippen molar-refractivity contribution in [2.45, 2.75) is 31.6 Å². The third kappa shape index (κ3) is 5.03. The van der Waals surface area contributed by atoms with Crippen molar-refractivity contribution in [1.29, 1.82) is 0 Å². The molecule has 0 aliphatic heterocycles. The first-order chi connectivity index (χ1) is 8.99. The maximum absolute atomic E-state index is 8.70. The summed E-state index contributed by atoms with van der Waals surface area (Å²) < 4.78 is 5.12. The molecule has 19 heavy (non-hydrogen) atoms. The first-order valence-corrected chi connectivity index (χ1v) is 7.23. The van der Waals surface area contributed by atoms with E-state index in [9.17, 15) is 0 Å². The minimum Gasteiger partial charge on any atom is -0.497 e. The largest absolute Gasteiger partial charge is 0.497 e. The fourth-order valence-electron chi connectivity index (χ4n) is 1.64. The predicted molar refractivity (Wildman–Crippen MR) is 80.1 cm³/mol. The highest BCUT2D eigenvalue weighted by molar-refractivity contribution is 7.99. The first kappa shape index (κ1) is 15.7. The van der Waals surface area contributed by atoms with E-state index >= 15 is 0 Å². The Morgan fingerprint density at radius 2 is 2.00 bits per heavy atom. The minimum absolute atomic E-state index is 0.255. The SMILES string of the molecule is COc1ccc(SCCCC(C)(C)C(N)=NO)cc1. The topological polar surface area (TPSA) is 67.8 Å². The summed E-state index contributed by atoms with van der Waals surface area (Å²) in [4.78, 5) is 1.22. The summed E-state index contributed by atoms with van der Waals surface area (Å²) in [5.74, 6) is 2.17. The Morgan fingerprint density at radius 1 is 1.37 bits per heavy atom. The third-order valence-corrected chi connectivity index (χ3v) is 4.17. The number of rotatable bonds is 7. The van der Waals surface area contributed by atoms with Gasteiger partial charge in [-0.15, -0.1) is 11.8 Å². The van der Waals surface area contributed by atoms with E-state index in [0.29, 0.717) is 5.84 Å². The lowest BCUT2D eigenvalue weighted by molar-refractivity contribution is 0.305. The van der Waals surface area contributed by atoms with Crippen LogP contribution in [0.4, 0.5) is 0 Å². The van der Waals surface area contributed by atoms with Crippen LogP contribution in [0, 0.1) is 5.41 Å². The standard InChI is InChI=1S/C14H22N2O2S/c1-14(2,13(15)16-17)9-4-10-19-12-7-5-11(18-3)6-8-12/h5-8,17H,4,9-10H2,1-3H3,(H2,15,16). The Hall–Kier alpha value is -1.36. The van der Waals surface area contributed by atoms with Crippen LogP contribution in [-0.4, -0.2) is 23.9 Å². The monoisotopic (exact) mass is 282 g/mol. The normalized spacial score (nSPS) is 12.5. The highest BCUT2D eigenvalue weighted by atomic mass is 32.2. The molecule has 106 valence electrons. The second kappa shape index (κ2) is 7.28. The second-order valence-electron chi connectivity index (χ2n) is 5.00. The van der Waals surface area contributed by atoms with Gasteiger partial charge in [-0.2, -0.15) is 0 Å². The van der Waals surface area contributed by atoms with Crippen LogP contribution in [0.15, 0.2) is 34.3 Å². The zero-order valence-electron chi connectivity index (χ0n) is 11.7. The summed E-state index contributed by atoms with van der Waals surface area (Å²) in [7, 11) is 1.66. The molecule has 0 aliphatic rings. The number of hydrogen-bond acceptors (Lipinski definition) is 4. The van der Waals surface area contributed by atoms with E-state index in [4.69, 9.17) is 15.7 Å². The lowest BCUT2D eigenvalue weighted by Gasteiger charge is -2.22. The van der Waals surface area contributed by atoms with Crippen LogP contribution in [-0.2, 0) is 0 Å². The van der Waals surface area contributed by atoms with Crippen molar-refractivity contribution >= 4 is 17.6 Å². The summed E-state index contributed by atoms with van der Waals surface area (Å²) in [5, 5.41) is 11.8. The van der Waals surface area contributed by atoms with Crippen molar-refractivity contribution in [3.63, 3.8) is 0 Å². The van der Waals surface area contributed by atoms with Crippen molar-refractivity contribution < 1.29 is 9.94 Å². The van der Waals surface area contributed by atoms with Crippen LogP contribution in [0.25, 0.3) is 0 Å². The van der Waals surface area contributed by atoms with Crippen LogP contribution in [0.3, 0.4) is 0 Å². The number of ether oxygens (including phenoxy) is 1. The molecule has 0 unspecified atom stereocenters. The molecule has 1 aromatic carbocycles. The van der Waals surface area contributed by atoms with E-state index in [1.54, 1.807) is 18.9 Å². The molecule has 0 radical (unpaired) electrons. The van der Waals surface area contributed by atoms with Gasteiger partial charge in [-0.05, 0) is 42.9 Å². The van der Waals surface area contributed by atoms with Gasteiger partial charge in [0.15, 0.2) is 0 Å².